The Hall–Kier alpha value is -0.570. The minimum Gasteiger partial charge on any atom is -0.385 e. The Bertz CT molecular complexity index is 123. The molecule has 1 rings (SSSR count). The molecule has 3 nitrogen and oxygen atoms in total. The zero-order valence-corrected chi connectivity index (χ0v) is 6.39. The van der Waals surface area contributed by atoms with Crippen molar-refractivity contribution in [2.24, 2.45) is 4.99 Å². The quantitative estimate of drug-likeness (QED) is 0.577. The summed E-state index contributed by atoms with van der Waals surface area (Å²) >= 11 is 0. The van der Waals surface area contributed by atoms with E-state index < -0.39 is 0 Å². The van der Waals surface area contributed by atoms with Crippen molar-refractivity contribution in [1.82, 2.24) is 5.32 Å². The molecule has 0 aromatic heterocycles. The molecule has 0 atom stereocenters. The first kappa shape index (κ1) is 7.54. The van der Waals surface area contributed by atoms with Gasteiger partial charge in [-0.3, -0.25) is 4.99 Å². The van der Waals surface area contributed by atoms with Crippen LogP contribution >= 0.6 is 0 Å². The van der Waals surface area contributed by atoms with Gasteiger partial charge in [-0.2, -0.15) is 0 Å². The number of rotatable bonds is 4. The minimum absolute atomic E-state index is 0.834. The molecule has 0 unspecified atom stereocenters. The number of hydrogen-bond donors (Lipinski definition) is 1. The summed E-state index contributed by atoms with van der Waals surface area (Å²) in [5, 5.41) is 3.21. The average molecular weight is 142 g/mol. The molecule has 58 valence electrons. The van der Waals surface area contributed by atoms with Crippen LogP contribution in [0, 0.1) is 0 Å². The molecular formula is C7H14N2O. The molecule has 0 aliphatic carbocycles. The highest BCUT2D eigenvalue weighted by molar-refractivity contribution is 5.83. The third-order valence-corrected chi connectivity index (χ3v) is 1.51. The third kappa shape index (κ3) is 2.35. The number of ether oxygens (including phenoxy) is 1. The molecule has 0 radical (unpaired) electrons. The van der Waals surface area contributed by atoms with Crippen LogP contribution < -0.4 is 5.32 Å². The number of nitrogens with one attached hydrogen (secondary N) is 1. The summed E-state index contributed by atoms with van der Waals surface area (Å²) in [6, 6.07) is 0. The Kier molecular flexibility index (Phi) is 3.22. The molecule has 0 saturated heterocycles. The van der Waals surface area contributed by atoms with Crippen molar-refractivity contribution < 1.29 is 4.74 Å². The minimum atomic E-state index is 0.834. The molecule has 1 aliphatic heterocycles. The number of amidine groups is 1. The van der Waals surface area contributed by atoms with E-state index in [0.717, 1.165) is 38.4 Å². The standard InChI is InChI=1S/C7H14N2O/c1-10-6-2-3-7-8-4-5-9-7/h2-6H2,1H3,(H,8,9). The van der Waals surface area contributed by atoms with Crippen LogP contribution in [-0.4, -0.2) is 32.6 Å². The van der Waals surface area contributed by atoms with Gasteiger partial charge in [-0.05, 0) is 6.42 Å². The lowest BCUT2D eigenvalue weighted by Gasteiger charge is -1.99. The van der Waals surface area contributed by atoms with Crippen molar-refractivity contribution in [2.75, 3.05) is 26.8 Å². The van der Waals surface area contributed by atoms with E-state index in [9.17, 15) is 0 Å². The summed E-state index contributed by atoms with van der Waals surface area (Å²) in [6.45, 7) is 2.80. The summed E-state index contributed by atoms with van der Waals surface area (Å²) in [5.74, 6) is 1.15. The van der Waals surface area contributed by atoms with E-state index in [4.69, 9.17) is 4.74 Å². The van der Waals surface area contributed by atoms with Gasteiger partial charge in [-0.15, -0.1) is 0 Å². The highest BCUT2D eigenvalue weighted by Gasteiger charge is 2.02. The molecule has 10 heavy (non-hydrogen) atoms. The Morgan fingerprint density at radius 2 is 2.60 bits per heavy atom. The molecular weight excluding hydrogens is 128 g/mol. The Labute approximate surface area is 61.5 Å². The van der Waals surface area contributed by atoms with Gasteiger partial charge < -0.3 is 10.1 Å². The molecule has 0 aromatic carbocycles. The second-order valence-corrected chi connectivity index (χ2v) is 2.35. The van der Waals surface area contributed by atoms with E-state index in [-0.39, 0.29) is 0 Å². The van der Waals surface area contributed by atoms with Crippen molar-refractivity contribution in [3.05, 3.63) is 0 Å². The molecule has 1 aliphatic rings. The van der Waals surface area contributed by atoms with Gasteiger partial charge in [0.05, 0.1) is 12.4 Å². The molecule has 0 spiro atoms. The summed E-state index contributed by atoms with van der Waals surface area (Å²) in [5.41, 5.74) is 0. The maximum absolute atomic E-state index is 4.92. The molecule has 0 fully saturated rings. The van der Waals surface area contributed by atoms with Gasteiger partial charge in [0, 0.05) is 26.7 Å². The van der Waals surface area contributed by atoms with Crippen molar-refractivity contribution in [1.29, 1.82) is 0 Å². The Morgan fingerprint density at radius 1 is 1.70 bits per heavy atom. The first-order valence-corrected chi connectivity index (χ1v) is 3.69. The number of nitrogens with zero attached hydrogens (tertiary/aromatic N) is 1. The topological polar surface area (TPSA) is 33.6 Å². The van der Waals surface area contributed by atoms with E-state index in [1.54, 1.807) is 7.11 Å². The average Bonchev–Trinajstić information content (AvgIpc) is 2.41. The molecule has 1 heterocycles. The van der Waals surface area contributed by atoms with Gasteiger partial charge in [-0.25, -0.2) is 0 Å². The predicted octanol–water partition coefficient (Wildman–Crippen LogP) is 0.415. The fourth-order valence-electron chi connectivity index (χ4n) is 0.998. The second-order valence-electron chi connectivity index (χ2n) is 2.35. The summed E-state index contributed by atoms with van der Waals surface area (Å²) in [6.07, 6.45) is 2.11. The molecule has 0 bridgehead atoms. The zero-order valence-electron chi connectivity index (χ0n) is 6.39. The van der Waals surface area contributed by atoms with E-state index in [0.29, 0.717) is 0 Å². The highest BCUT2D eigenvalue weighted by Crippen LogP contribution is 1.95. The van der Waals surface area contributed by atoms with Crippen molar-refractivity contribution in [3.63, 3.8) is 0 Å². The van der Waals surface area contributed by atoms with E-state index in [2.05, 4.69) is 10.3 Å². The normalized spacial score (nSPS) is 16.7. The van der Waals surface area contributed by atoms with Crippen LogP contribution in [0.4, 0.5) is 0 Å². The SMILES string of the molecule is COCCCC1=NCCN1. The van der Waals surface area contributed by atoms with Gasteiger partial charge in [-0.1, -0.05) is 0 Å². The first-order chi connectivity index (χ1) is 4.93. The molecule has 0 aromatic rings. The summed E-state index contributed by atoms with van der Waals surface area (Å²) in [4.78, 5) is 4.26. The fourth-order valence-corrected chi connectivity index (χ4v) is 0.998. The van der Waals surface area contributed by atoms with Gasteiger partial charge >= 0.3 is 0 Å². The van der Waals surface area contributed by atoms with Gasteiger partial charge in [0.2, 0.25) is 0 Å². The smallest absolute Gasteiger partial charge is 0.0965 e. The van der Waals surface area contributed by atoms with Crippen LogP contribution in [0.1, 0.15) is 12.8 Å². The van der Waals surface area contributed by atoms with Crippen molar-refractivity contribution in [2.45, 2.75) is 12.8 Å². The van der Waals surface area contributed by atoms with Crippen molar-refractivity contribution >= 4 is 5.84 Å². The molecule has 0 amide bonds. The summed E-state index contributed by atoms with van der Waals surface area (Å²) in [7, 11) is 1.73. The van der Waals surface area contributed by atoms with Gasteiger partial charge in [0.15, 0.2) is 0 Å². The number of aliphatic imine (C=N–C) groups is 1. The first-order valence-electron chi connectivity index (χ1n) is 3.69. The monoisotopic (exact) mass is 142 g/mol. The summed E-state index contributed by atoms with van der Waals surface area (Å²) < 4.78 is 4.92. The fraction of sp³-hybridized carbons (Fsp3) is 0.857. The Balaban J connectivity index is 2.01. The molecule has 1 N–H and O–H groups in total. The molecule has 3 heteroatoms. The maximum atomic E-state index is 4.92. The van der Waals surface area contributed by atoms with Crippen LogP contribution in [0.2, 0.25) is 0 Å². The van der Waals surface area contributed by atoms with Gasteiger partial charge in [0.25, 0.3) is 0 Å². The number of methoxy groups -OCH3 is 1. The van der Waals surface area contributed by atoms with Crippen molar-refractivity contribution in [3.8, 4) is 0 Å². The number of hydrogen-bond acceptors (Lipinski definition) is 3. The van der Waals surface area contributed by atoms with Crippen LogP contribution in [-0.2, 0) is 4.74 Å². The predicted molar refractivity (Wildman–Crippen MR) is 41.4 cm³/mol. The maximum Gasteiger partial charge on any atom is 0.0965 e. The second kappa shape index (κ2) is 4.28. The largest absolute Gasteiger partial charge is 0.385 e. The zero-order chi connectivity index (χ0) is 7.23. The van der Waals surface area contributed by atoms with Crippen LogP contribution in [0.25, 0.3) is 0 Å². The van der Waals surface area contributed by atoms with Crippen LogP contribution in [0.15, 0.2) is 4.99 Å². The van der Waals surface area contributed by atoms with Crippen LogP contribution in [0.5, 0.6) is 0 Å². The highest BCUT2D eigenvalue weighted by atomic mass is 16.5. The lowest BCUT2D eigenvalue weighted by Crippen LogP contribution is -2.18. The van der Waals surface area contributed by atoms with Crippen LogP contribution in [0.3, 0.4) is 0 Å². The molecule has 0 saturated carbocycles. The lowest BCUT2D eigenvalue weighted by molar-refractivity contribution is 0.196. The Morgan fingerprint density at radius 3 is 3.20 bits per heavy atom. The lowest BCUT2D eigenvalue weighted by atomic mass is 10.3. The third-order valence-electron chi connectivity index (χ3n) is 1.51. The van der Waals surface area contributed by atoms with E-state index in [1.165, 1.54) is 0 Å². The van der Waals surface area contributed by atoms with E-state index >= 15 is 0 Å². The van der Waals surface area contributed by atoms with Gasteiger partial charge in [0.1, 0.15) is 0 Å². The van der Waals surface area contributed by atoms with E-state index in [1.807, 2.05) is 0 Å².